The molecule has 0 aliphatic carbocycles. The van der Waals surface area contributed by atoms with Crippen LogP contribution in [0.3, 0.4) is 0 Å². The van der Waals surface area contributed by atoms with Gasteiger partial charge in [-0.1, -0.05) is 174 Å². The van der Waals surface area contributed by atoms with Gasteiger partial charge in [0.2, 0.25) is 10.0 Å². The first-order chi connectivity index (χ1) is 68.1. The molecule has 21 rings (SSSR count). The number of ether oxygens (including phenoxy) is 4. The van der Waals surface area contributed by atoms with Gasteiger partial charge in [-0.3, -0.25) is 0 Å². The molecule has 1 saturated heterocycles. The Bertz CT molecular complexity index is 7710. The topological polar surface area (TPSA) is 69.6 Å². The summed E-state index contributed by atoms with van der Waals surface area (Å²) in [5.74, 6) is 17.1. The molecule has 3 aliphatic rings. The molecule has 8 aromatic heterocycles. The van der Waals surface area contributed by atoms with Gasteiger partial charge < -0.3 is 47.0 Å². The lowest BCUT2D eigenvalue weighted by atomic mass is 9.23. The molecule has 0 amide bonds. The van der Waals surface area contributed by atoms with Crippen molar-refractivity contribution in [1.29, 1.82) is 0 Å². The lowest BCUT2D eigenvalue weighted by molar-refractivity contribution is -0.519. The summed E-state index contributed by atoms with van der Waals surface area (Å²) in [5, 5.41) is 7.30. The summed E-state index contributed by atoms with van der Waals surface area (Å²) in [6.45, 7) is 44.5. The van der Waals surface area contributed by atoms with E-state index in [0.29, 0.717) is 0 Å². The van der Waals surface area contributed by atoms with E-state index < -0.39 is 12.6 Å². The van der Waals surface area contributed by atoms with Crippen LogP contribution in [0.25, 0.3) is 49.0 Å². The fourth-order valence-electron chi connectivity index (χ4n) is 22.1. The Balaban J connectivity index is 0.000000146. The van der Waals surface area contributed by atoms with Gasteiger partial charge in [0.25, 0.3) is 0 Å². The number of thiazole rings is 2. The first-order valence-corrected chi connectivity index (χ1v) is 55.6. The molecule has 0 N–H and O–H groups in total. The van der Waals surface area contributed by atoms with Crippen molar-refractivity contribution in [1.82, 2.24) is 0 Å². The number of hydrogen-bond acceptors (Lipinski definition) is 16. The van der Waals surface area contributed by atoms with Crippen molar-refractivity contribution < 1.29 is 37.2 Å². The van der Waals surface area contributed by atoms with Gasteiger partial charge in [-0.25, -0.2) is 0 Å². The van der Waals surface area contributed by atoms with Crippen LogP contribution in [0.2, 0.25) is 0 Å². The van der Waals surface area contributed by atoms with E-state index in [1.807, 2.05) is 105 Å². The lowest BCUT2D eigenvalue weighted by Crippen LogP contribution is -2.84. The molecule has 0 spiro atoms. The molecule has 22 heteroatoms. The van der Waals surface area contributed by atoms with Crippen LogP contribution < -0.4 is 75.3 Å². The molecule has 18 aromatic rings. The van der Waals surface area contributed by atoms with Gasteiger partial charge in [-0.05, 0) is 353 Å². The number of fused-ring (bicyclic) bond motifs is 6. The third-order valence-corrected chi connectivity index (χ3v) is 39.1. The van der Waals surface area contributed by atoms with Gasteiger partial charge in [0.15, 0.2) is 0 Å². The minimum absolute atomic E-state index is 0.351. The highest BCUT2D eigenvalue weighted by Gasteiger charge is 2.57. The molecule has 0 radical (unpaired) electrons. The normalized spacial score (nSPS) is 13.6. The van der Waals surface area contributed by atoms with Crippen molar-refractivity contribution in [2.75, 3.05) is 38.2 Å². The van der Waals surface area contributed by atoms with Crippen LogP contribution in [0.5, 0.6) is 23.0 Å². The highest BCUT2D eigenvalue weighted by Crippen LogP contribution is 2.49. The zero-order valence-corrected chi connectivity index (χ0v) is 93.6. The van der Waals surface area contributed by atoms with Crippen LogP contribution in [0.4, 0.5) is 34.1 Å². The lowest BCUT2D eigenvalue weighted by Gasteiger charge is -2.37. The first-order valence-electron chi connectivity index (χ1n) is 47.9. The third-order valence-electron chi connectivity index (χ3n) is 28.6. The Morgan fingerprint density at radius 1 is 0.310 bits per heavy atom. The van der Waals surface area contributed by atoms with Crippen molar-refractivity contribution in [2.24, 2.45) is 0 Å². The zero-order valence-electron chi connectivity index (χ0n) is 84.9. The molecular formula is C120H114B3IN4O6S8. The smallest absolute Gasteiger partial charge is 0.497 e. The van der Waals surface area contributed by atoms with E-state index in [0.717, 1.165) is 82.8 Å². The van der Waals surface area contributed by atoms with Crippen LogP contribution in [0, 0.1) is 137 Å². The fourth-order valence-corrected chi connectivity index (χ4v) is 32.3. The molecule has 0 unspecified atom stereocenters. The Labute approximate surface area is 883 Å². The molecule has 11 heterocycles. The van der Waals surface area contributed by atoms with Gasteiger partial charge >= 0.3 is 19.7 Å². The maximum absolute atomic E-state index is 6.32. The van der Waals surface area contributed by atoms with Crippen LogP contribution >= 0.6 is 113 Å². The highest BCUT2D eigenvalue weighted by molar-refractivity contribution is 14.1. The minimum atomic E-state index is -1.50. The number of hydrogen-bond donors (Lipinski definition) is 0. The van der Waals surface area contributed by atoms with Crippen LogP contribution in [0.1, 0.15) is 138 Å². The number of methoxy groups -OCH3 is 4. The Kier molecular flexibility index (Phi) is 27.8. The third kappa shape index (κ3) is 18.3. The summed E-state index contributed by atoms with van der Waals surface area (Å²) in [4.78, 5) is 17.2. The molecule has 0 atom stereocenters. The molecule has 0 saturated carbocycles. The molecule has 10 aromatic carbocycles. The van der Waals surface area contributed by atoms with Crippen LogP contribution in [0.15, 0.2) is 254 Å². The van der Waals surface area contributed by atoms with Gasteiger partial charge in [-0.2, -0.15) is 0 Å². The average Bonchev–Trinajstić information content (AvgIpc) is 1.50. The van der Waals surface area contributed by atoms with Crippen LogP contribution in [-0.4, -0.2) is 59.3 Å². The molecule has 0 bridgehead atoms. The van der Waals surface area contributed by atoms with Crippen LogP contribution in [-0.2, 0) is 9.31 Å². The second kappa shape index (κ2) is 39.9. The van der Waals surface area contributed by atoms with Gasteiger partial charge in [0.1, 0.15) is 35.4 Å². The summed E-state index contributed by atoms with van der Waals surface area (Å²) in [5.41, 5.74) is 37.4. The number of aromatic nitrogens is 2. The van der Waals surface area contributed by atoms with Crippen molar-refractivity contribution in [2.45, 2.75) is 150 Å². The Morgan fingerprint density at radius 3 is 0.937 bits per heavy atom. The van der Waals surface area contributed by atoms with E-state index in [2.05, 4.69) is 409 Å². The Morgan fingerprint density at radius 2 is 0.599 bits per heavy atom. The second-order valence-corrected chi connectivity index (χ2v) is 49.1. The number of anilines is 6. The number of nitrogens with zero attached hydrogens (tertiary/aromatic N) is 4. The summed E-state index contributed by atoms with van der Waals surface area (Å²) >= 11 is 17.3. The Hall–Kier alpha value is -11.6. The zero-order chi connectivity index (χ0) is 100. The molecular weight excluding hydrogens is 2010 g/mol. The highest BCUT2D eigenvalue weighted by atomic mass is 127. The van der Waals surface area contributed by atoms with Crippen molar-refractivity contribution in [3.63, 3.8) is 0 Å². The van der Waals surface area contributed by atoms with Gasteiger partial charge in [-0.15, -0.1) is 101 Å². The predicted molar refractivity (Wildman–Crippen MR) is 620 cm³/mol. The number of thiophene rings is 6. The molecule has 10 nitrogen and oxygen atoms in total. The van der Waals surface area contributed by atoms with E-state index >= 15 is 0 Å². The fraction of sp³-hybridized carbons (Fsp3) is 0.217. The van der Waals surface area contributed by atoms with Crippen molar-refractivity contribution >= 4 is 205 Å². The van der Waals surface area contributed by atoms with Gasteiger partial charge in [0.05, 0.1) is 72.8 Å². The quantitative estimate of drug-likeness (QED) is 0.0478. The maximum Gasteiger partial charge on any atom is 0.505 e. The van der Waals surface area contributed by atoms with E-state index in [4.69, 9.17) is 28.3 Å². The predicted octanol–water partition coefficient (Wildman–Crippen LogP) is 27.7. The molecule has 3 aliphatic heterocycles. The first kappa shape index (κ1) is 99.2. The molecule has 714 valence electrons. The van der Waals surface area contributed by atoms with E-state index in [1.165, 1.54) is 174 Å². The van der Waals surface area contributed by atoms with Gasteiger partial charge in [0, 0.05) is 79.3 Å². The summed E-state index contributed by atoms with van der Waals surface area (Å²) < 4.78 is 42.1. The summed E-state index contributed by atoms with van der Waals surface area (Å²) in [7, 11) is 6.38. The minimum Gasteiger partial charge on any atom is -0.497 e. The van der Waals surface area contributed by atoms with Crippen molar-refractivity contribution in [3.8, 4) is 95.7 Å². The van der Waals surface area contributed by atoms with E-state index in [1.54, 1.807) is 62.4 Å². The monoisotopic (exact) mass is 2120 g/mol. The second-order valence-electron chi connectivity index (χ2n) is 39.0. The number of halogens is 1. The average molecular weight is 2120 g/mol. The maximum atomic E-state index is 6.32. The van der Waals surface area contributed by atoms with E-state index in [-0.39, 0.29) is 18.3 Å². The summed E-state index contributed by atoms with van der Waals surface area (Å²) in [6.07, 6.45) is 1.90. The summed E-state index contributed by atoms with van der Waals surface area (Å²) in [6, 6.07) is 82.4. The number of benzene rings is 10. The number of rotatable bonds is 18. The van der Waals surface area contributed by atoms with Crippen molar-refractivity contribution in [3.05, 3.63) is 366 Å². The SMILES string of the molecule is COc1ccc(N(c2ccc(C#Cc3sc(-c4sc(-c5cc6c(s5)-c5scc[n+]5[B-]6(c5c(C)cc(C)cc5C)c5c(C)cc(C)cc5C)cc4C)cc3C)cc2)c2ccc(OC)cc2)cc1.COc1ccc(N(c2ccc(C#Cc3sc(-c4sc(B5OC(C)(C)C(C)(C)O5)cc4C)cc3C)cc2)c2ccc(OC)cc2)cc1.Cc1cc(C)c([B-]2(c3c(C)cc(C)cc3C)c3cc(I)sc3-c3scc[n+]32)c(C)c1. The standard InChI is InChI=1S/C57H51BN2O2S4.C38H38BNO4S2.C25H25BINS2/c1-34-27-37(4)53(38(5)28-34)58(54-39(6)29-35(2)30-40(54)7)48-33-51(66-56(48)57-59(58)25-26-63-57)50-32-41(8)55(65-50)52-31-36(3)49(64-52)24-13-42-11-14-43(15-12-42)60(44-16-20-46(61-9)21-17-44)45-18-22-47(62-10)23-19-45;1-25-23-34(36-26(2)24-35(46-36)39-43-37(3,4)38(5,6)44-39)45-33(25)22-11-27-9-12-28(13-10-27)40(29-14-18-31(41-7)19-15-29)30-16-20-32(42-8)21-17-30;1-14-9-16(3)22(17(4)10-14)26(23-18(5)11-15(2)12-19(23)6)20-13-21(27)30-24(20)25-28(26)7-8-29-25/h11-12,14-23,25-33H,1-10H3;9-10,12-21,23-24H,1-8H3;7-13H,1-6H3. The number of aryl methyl sites for hydroxylation is 16. The largest absolute Gasteiger partial charge is 0.505 e. The van der Waals surface area contributed by atoms with E-state index in [9.17, 15) is 0 Å². The molecule has 142 heavy (non-hydrogen) atoms. The molecule has 1 fully saturated rings.